The zero-order valence-corrected chi connectivity index (χ0v) is 13.3. The quantitative estimate of drug-likeness (QED) is 0.709. The Hall–Kier alpha value is -1.42. The Kier molecular flexibility index (Phi) is 7.37. The van der Waals surface area contributed by atoms with Crippen LogP contribution in [0.3, 0.4) is 0 Å². The van der Waals surface area contributed by atoms with E-state index < -0.39 is 10.0 Å². The van der Waals surface area contributed by atoms with Gasteiger partial charge in [-0.15, -0.1) is 0 Å². The molecule has 21 heavy (non-hydrogen) atoms. The van der Waals surface area contributed by atoms with E-state index in [0.717, 1.165) is 18.4 Å². The first-order chi connectivity index (χ1) is 9.95. The number of unbranched alkanes of at least 4 members (excludes halogenated alkanes) is 1. The van der Waals surface area contributed by atoms with Crippen LogP contribution in [0.2, 0.25) is 0 Å². The lowest BCUT2D eigenvalue weighted by Gasteiger charge is -2.09. The van der Waals surface area contributed by atoms with Gasteiger partial charge in [0.2, 0.25) is 10.0 Å². The van der Waals surface area contributed by atoms with Crippen LogP contribution in [0.5, 0.6) is 0 Å². The molecule has 0 aliphatic carbocycles. The third-order valence-corrected chi connectivity index (χ3v) is 4.31. The number of hydrogen-bond donors (Lipinski definition) is 1. The minimum absolute atomic E-state index is 0.202. The lowest BCUT2D eigenvalue weighted by molar-refractivity contribution is 0.0762. The molecule has 116 valence electrons. The lowest BCUT2D eigenvalue weighted by atomic mass is 10.2. The van der Waals surface area contributed by atoms with Crippen molar-refractivity contribution in [3.8, 4) is 6.07 Å². The molecule has 6 heteroatoms. The average Bonchev–Trinajstić information content (AvgIpc) is 2.43. The fourth-order valence-electron chi connectivity index (χ4n) is 1.71. The lowest BCUT2D eigenvalue weighted by Crippen LogP contribution is -2.25. The predicted octanol–water partition coefficient (Wildman–Crippen LogP) is 2.24. The first-order valence-corrected chi connectivity index (χ1v) is 8.51. The van der Waals surface area contributed by atoms with E-state index in [-0.39, 0.29) is 17.4 Å². The largest absolute Gasteiger partial charge is 0.379 e. The topological polar surface area (TPSA) is 79.2 Å². The molecule has 0 aliphatic rings. The molecule has 0 heterocycles. The van der Waals surface area contributed by atoms with Crippen molar-refractivity contribution in [2.45, 2.75) is 44.1 Å². The highest BCUT2D eigenvalue weighted by Crippen LogP contribution is 2.11. The Balaban J connectivity index is 2.41. The van der Waals surface area contributed by atoms with E-state index in [2.05, 4.69) is 4.72 Å². The van der Waals surface area contributed by atoms with Gasteiger partial charge in [-0.1, -0.05) is 12.1 Å². The van der Waals surface area contributed by atoms with Gasteiger partial charge in [0, 0.05) is 13.2 Å². The highest BCUT2D eigenvalue weighted by Gasteiger charge is 2.12. The number of nitrogens with one attached hydrogen (secondary N) is 1. The second kappa shape index (κ2) is 8.78. The third-order valence-electron chi connectivity index (χ3n) is 2.83. The summed E-state index contributed by atoms with van der Waals surface area (Å²) in [4.78, 5) is 0.225. The Morgan fingerprint density at radius 1 is 1.24 bits per heavy atom. The summed E-state index contributed by atoms with van der Waals surface area (Å²) in [6.45, 7) is 4.98. The molecule has 0 saturated carbocycles. The van der Waals surface area contributed by atoms with E-state index in [9.17, 15) is 8.42 Å². The monoisotopic (exact) mass is 310 g/mol. The van der Waals surface area contributed by atoms with E-state index in [1.807, 2.05) is 19.9 Å². The molecule has 0 aliphatic heterocycles. The van der Waals surface area contributed by atoms with Crippen LogP contribution in [0.15, 0.2) is 29.2 Å². The predicted molar refractivity (Wildman–Crippen MR) is 81.3 cm³/mol. The Morgan fingerprint density at radius 3 is 2.48 bits per heavy atom. The third kappa shape index (κ3) is 6.71. The van der Waals surface area contributed by atoms with Gasteiger partial charge in [0.05, 0.1) is 23.5 Å². The van der Waals surface area contributed by atoms with Crippen LogP contribution >= 0.6 is 0 Å². The van der Waals surface area contributed by atoms with Crippen molar-refractivity contribution in [3.63, 3.8) is 0 Å². The van der Waals surface area contributed by atoms with Gasteiger partial charge in [0.15, 0.2) is 0 Å². The maximum atomic E-state index is 12.0. The standard InChI is InChI=1S/C15H22N2O3S/c1-13(2)20-12-4-3-11-17-21(18,19)15-7-5-14(6-8-15)9-10-16/h5-8,13,17H,3-4,9,11-12H2,1-2H3. The molecule has 0 unspecified atom stereocenters. The minimum Gasteiger partial charge on any atom is -0.379 e. The number of sulfonamides is 1. The Morgan fingerprint density at radius 2 is 1.90 bits per heavy atom. The molecule has 1 N–H and O–H groups in total. The minimum atomic E-state index is -3.47. The molecule has 0 bridgehead atoms. The summed E-state index contributed by atoms with van der Waals surface area (Å²) < 4.78 is 32.0. The second-order valence-corrected chi connectivity index (χ2v) is 6.77. The molecule has 1 aromatic rings. The summed E-state index contributed by atoms with van der Waals surface area (Å²) >= 11 is 0. The van der Waals surface area contributed by atoms with Gasteiger partial charge in [0.1, 0.15) is 0 Å². The summed E-state index contributed by atoms with van der Waals surface area (Å²) in [7, 11) is -3.47. The molecule has 5 nitrogen and oxygen atoms in total. The van der Waals surface area contributed by atoms with Crippen molar-refractivity contribution in [1.29, 1.82) is 5.26 Å². The molecule has 0 aromatic heterocycles. The fourth-order valence-corrected chi connectivity index (χ4v) is 2.79. The van der Waals surface area contributed by atoms with Crippen LogP contribution < -0.4 is 4.72 Å². The number of hydrogen-bond acceptors (Lipinski definition) is 4. The molecule has 1 aromatic carbocycles. The van der Waals surface area contributed by atoms with Crippen molar-refractivity contribution in [3.05, 3.63) is 29.8 Å². The molecule has 0 fully saturated rings. The molecule has 0 amide bonds. The maximum absolute atomic E-state index is 12.0. The number of ether oxygens (including phenoxy) is 1. The fraction of sp³-hybridized carbons (Fsp3) is 0.533. The molecule has 0 spiro atoms. The zero-order chi connectivity index (χ0) is 15.7. The molecular weight excluding hydrogens is 288 g/mol. The normalized spacial score (nSPS) is 11.5. The Bertz CT molecular complexity index is 560. The molecule has 1 rings (SSSR count). The summed E-state index contributed by atoms with van der Waals surface area (Å²) in [6, 6.07) is 8.40. The highest BCUT2D eigenvalue weighted by molar-refractivity contribution is 7.89. The molecule has 0 radical (unpaired) electrons. The number of nitriles is 1. The first-order valence-electron chi connectivity index (χ1n) is 7.03. The van der Waals surface area contributed by atoms with E-state index in [0.29, 0.717) is 13.2 Å². The van der Waals surface area contributed by atoms with Crippen molar-refractivity contribution < 1.29 is 13.2 Å². The molecule has 0 saturated heterocycles. The van der Waals surface area contributed by atoms with Gasteiger partial charge in [-0.2, -0.15) is 5.26 Å². The zero-order valence-electron chi connectivity index (χ0n) is 12.5. The van der Waals surface area contributed by atoms with Gasteiger partial charge in [-0.25, -0.2) is 13.1 Å². The van der Waals surface area contributed by atoms with Crippen molar-refractivity contribution in [2.75, 3.05) is 13.2 Å². The van der Waals surface area contributed by atoms with Gasteiger partial charge < -0.3 is 4.74 Å². The van der Waals surface area contributed by atoms with Gasteiger partial charge in [-0.05, 0) is 44.4 Å². The Labute approximate surface area is 127 Å². The van der Waals surface area contributed by atoms with E-state index >= 15 is 0 Å². The van der Waals surface area contributed by atoms with Crippen LogP contribution in [0, 0.1) is 11.3 Å². The van der Waals surface area contributed by atoms with E-state index in [1.54, 1.807) is 12.1 Å². The summed E-state index contributed by atoms with van der Waals surface area (Å²) in [5.41, 5.74) is 0.808. The molecule has 0 atom stereocenters. The number of rotatable bonds is 9. The number of benzene rings is 1. The van der Waals surface area contributed by atoms with Crippen LogP contribution in [0.25, 0.3) is 0 Å². The van der Waals surface area contributed by atoms with Crippen LogP contribution in [0.1, 0.15) is 32.3 Å². The van der Waals surface area contributed by atoms with Crippen LogP contribution in [-0.2, 0) is 21.2 Å². The van der Waals surface area contributed by atoms with Gasteiger partial charge in [-0.3, -0.25) is 0 Å². The second-order valence-electron chi connectivity index (χ2n) is 5.00. The first kappa shape index (κ1) is 17.6. The SMILES string of the molecule is CC(C)OCCCCNS(=O)(=O)c1ccc(CC#N)cc1. The number of nitrogens with zero attached hydrogens (tertiary/aromatic N) is 1. The van der Waals surface area contributed by atoms with Crippen molar-refractivity contribution >= 4 is 10.0 Å². The average molecular weight is 310 g/mol. The van der Waals surface area contributed by atoms with Crippen LogP contribution in [-0.4, -0.2) is 27.7 Å². The summed E-state index contributed by atoms with van der Waals surface area (Å²) in [5.74, 6) is 0. The van der Waals surface area contributed by atoms with Gasteiger partial charge >= 0.3 is 0 Å². The van der Waals surface area contributed by atoms with Crippen molar-refractivity contribution in [2.24, 2.45) is 0 Å². The smallest absolute Gasteiger partial charge is 0.240 e. The molecular formula is C15H22N2O3S. The van der Waals surface area contributed by atoms with Gasteiger partial charge in [0.25, 0.3) is 0 Å². The summed E-state index contributed by atoms with van der Waals surface area (Å²) in [6.07, 6.45) is 2.04. The van der Waals surface area contributed by atoms with Crippen LogP contribution in [0.4, 0.5) is 0 Å². The van der Waals surface area contributed by atoms with E-state index in [4.69, 9.17) is 10.00 Å². The summed E-state index contributed by atoms with van der Waals surface area (Å²) in [5, 5.41) is 8.58. The highest BCUT2D eigenvalue weighted by atomic mass is 32.2. The van der Waals surface area contributed by atoms with E-state index in [1.165, 1.54) is 12.1 Å². The van der Waals surface area contributed by atoms with Crippen molar-refractivity contribution in [1.82, 2.24) is 4.72 Å². The maximum Gasteiger partial charge on any atom is 0.240 e.